The number of hydrogen-bond acceptors (Lipinski definition) is 8. The molecule has 0 spiro atoms. The van der Waals surface area contributed by atoms with E-state index in [4.69, 9.17) is 19.5 Å². The Morgan fingerprint density at radius 2 is 1.85 bits per heavy atom. The molecule has 13 heteroatoms. The third-order valence-corrected chi connectivity index (χ3v) is 8.95. The van der Waals surface area contributed by atoms with E-state index in [2.05, 4.69) is 26.7 Å². The summed E-state index contributed by atoms with van der Waals surface area (Å²) >= 11 is 0. The van der Waals surface area contributed by atoms with Crippen LogP contribution >= 0.6 is 0 Å². The smallest absolute Gasteiger partial charge is 0.320 e. The second kappa shape index (κ2) is 13.2. The quantitative estimate of drug-likeness (QED) is 0.224. The first-order chi connectivity index (χ1) is 23.2. The van der Waals surface area contributed by atoms with Crippen molar-refractivity contribution in [3.05, 3.63) is 82.6 Å². The number of hydrogen-bond donors (Lipinski definition) is 1. The fourth-order valence-corrected chi connectivity index (χ4v) is 6.14. The van der Waals surface area contributed by atoms with Gasteiger partial charge in [0.15, 0.2) is 17.4 Å². The van der Waals surface area contributed by atoms with Crippen LogP contribution in [0.1, 0.15) is 47.8 Å². The van der Waals surface area contributed by atoms with E-state index >= 15 is 4.39 Å². The van der Waals surface area contributed by atoms with Crippen molar-refractivity contribution in [3.63, 3.8) is 0 Å². The predicted molar refractivity (Wildman–Crippen MR) is 164 cm³/mol. The van der Waals surface area contributed by atoms with Crippen molar-refractivity contribution in [1.29, 1.82) is 5.26 Å². The van der Waals surface area contributed by atoms with Gasteiger partial charge in [0.05, 0.1) is 42.3 Å². The lowest BCUT2D eigenvalue weighted by Gasteiger charge is -2.32. The van der Waals surface area contributed by atoms with Gasteiger partial charge in [-0.3, -0.25) is 9.69 Å². The lowest BCUT2D eigenvalue weighted by atomic mass is 9.80. The van der Waals surface area contributed by atoms with Crippen LogP contribution in [0.15, 0.2) is 42.5 Å². The zero-order chi connectivity index (χ0) is 33.4. The van der Waals surface area contributed by atoms with Gasteiger partial charge < -0.3 is 23.9 Å². The van der Waals surface area contributed by atoms with Crippen LogP contribution in [0.2, 0.25) is 0 Å². The number of benzene rings is 2. The molecule has 0 saturated carbocycles. The Kier molecular flexibility index (Phi) is 8.65. The molecule has 246 valence electrons. The summed E-state index contributed by atoms with van der Waals surface area (Å²) < 4.78 is 63.2. The van der Waals surface area contributed by atoms with E-state index in [0.717, 1.165) is 12.5 Å². The number of carboxylic acid groups (broad SMARTS) is 1. The highest BCUT2D eigenvalue weighted by Gasteiger charge is 2.34. The Morgan fingerprint density at radius 1 is 1.04 bits per heavy atom. The summed E-state index contributed by atoms with van der Waals surface area (Å²) in [5.74, 6) is 1.99. The van der Waals surface area contributed by atoms with Crippen LogP contribution in [0.3, 0.4) is 0 Å². The Morgan fingerprint density at radius 3 is 2.52 bits per heavy atom. The summed E-state index contributed by atoms with van der Waals surface area (Å²) in [4.78, 5) is 22.7. The summed E-state index contributed by atoms with van der Waals surface area (Å²) in [5, 5.41) is 18.4. The molecule has 0 amide bonds. The molecule has 2 aromatic heterocycles. The Bertz CT molecular complexity index is 1990. The van der Waals surface area contributed by atoms with Crippen LogP contribution in [0, 0.1) is 46.5 Å². The molecule has 1 N–H and O–H groups in total. The van der Waals surface area contributed by atoms with Gasteiger partial charge in [-0.2, -0.15) is 5.26 Å². The molecule has 3 atom stereocenters. The van der Waals surface area contributed by atoms with Crippen molar-refractivity contribution in [3.8, 4) is 29.5 Å². The molecule has 1 aliphatic carbocycles. The minimum Gasteiger partial charge on any atom is -0.484 e. The summed E-state index contributed by atoms with van der Waals surface area (Å²) in [6.45, 7) is 2.64. The zero-order valence-electron chi connectivity index (χ0n) is 25.7. The maximum atomic E-state index is 15.4. The molecule has 2 saturated heterocycles. The fraction of sp³-hybridized carbons (Fsp3) is 0.371. The fourth-order valence-electron chi connectivity index (χ4n) is 6.14. The van der Waals surface area contributed by atoms with Crippen molar-refractivity contribution >= 4 is 17.0 Å². The second-order valence-corrected chi connectivity index (χ2v) is 12.1. The second-order valence-electron chi connectivity index (χ2n) is 12.1. The van der Waals surface area contributed by atoms with Gasteiger partial charge in [-0.05, 0) is 61.2 Å². The first-order valence-electron chi connectivity index (χ1n) is 15.7. The Hall–Kier alpha value is -5.11. The number of rotatable bonds is 11. The van der Waals surface area contributed by atoms with Crippen LogP contribution in [0.4, 0.5) is 13.2 Å². The first kappa shape index (κ1) is 31.5. The topological polar surface area (TPSA) is 123 Å². The summed E-state index contributed by atoms with van der Waals surface area (Å²) in [6.07, 6.45) is 2.00. The number of nitrogens with zero attached hydrogens (tertiary/aromatic N) is 5. The number of carboxylic acids is 1. The van der Waals surface area contributed by atoms with E-state index in [1.54, 1.807) is 6.07 Å². The third kappa shape index (κ3) is 6.39. The average molecular weight is 658 g/mol. The van der Waals surface area contributed by atoms with E-state index in [-0.39, 0.29) is 47.2 Å². The van der Waals surface area contributed by atoms with Gasteiger partial charge in [0, 0.05) is 25.8 Å². The van der Waals surface area contributed by atoms with Crippen molar-refractivity contribution in [2.45, 2.75) is 57.1 Å². The Balaban J connectivity index is 1.01. The number of likely N-dealkylation sites (tertiary alicyclic amines) is 1. The van der Waals surface area contributed by atoms with Crippen molar-refractivity contribution in [1.82, 2.24) is 19.4 Å². The highest BCUT2D eigenvalue weighted by molar-refractivity contribution is 5.81. The highest BCUT2D eigenvalue weighted by atomic mass is 19.1. The number of aliphatic carboxylic acids is 1. The standard InChI is InChI=1S/C35H30F3N5O5/c36-26-4-6-33(40-29(26)19-47-31-5-1-20(16-39)13-27(31)37)48-22-7-10-42(11-8-22)18-32-41-34-28(38)14-21(24-2-3-25(24)35(44)45)15-30(34)43(32)17-23-9-12-46-23/h1,4-6,13-15,22-25H,7-12,17-19H2,(H,44,45)/t23-,24?,25?/m0/s1. The van der Waals surface area contributed by atoms with Gasteiger partial charge in [-0.1, -0.05) is 11.8 Å². The first-order valence-corrected chi connectivity index (χ1v) is 15.7. The predicted octanol–water partition coefficient (Wildman–Crippen LogP) is 4.93. The van der Waals surface area contributed by atoms with E-state index in [0.29, 0.717) is 62.5 Å². The number of piperidine rings is 1. The van der Waals surface area contributed by atoms with Crippen LogP contribution in [0.25, 0.3) is 11.0 Å². The molecule has 4 heterocycles. The number of carbonyl (C=O) groups is 1. The monoisotopic (exact) mass is 657 g/mol. The lowest BCUT2D eigenvalue weighted by Crippen LogP contribution is -2.39. The number of pyridine rings is 1. The number of fused-ring (bicyclic) bond motifs is 1. The van der Waals surface area contributed by atoms with Gasteiger partial charge in [-0.15, -0.1) is 0 Å². The molecule has 3 aliphatic rings. The maximum Gasteiger partial charge on any atom is 0.320 e. The van der Waals surface area contributed by atoms with Crippen LogP contribution in [-0.2, 0) is 29.2 Å². The number of nitriles is 1. The molecule has 2 unspecified atom stereocenters. The molecule has 2 fully saturated rings. The molecular formula is C35H30F3N5O5. The summed E-state index contributed by atoms with van der Waals surface area (Å²) in [7, 11) is 0. The van der Waals surface area contributed by atoms with Crippen LogP contribution in [-0.4, -0.2) is 62.4 Å². The molecule has 48 heavy (non-hydrogen) atoms. The maximum absolute atomic E-state index is 15.4. The molecule has 2 aromatic carbocycles. The van der Waals surface area contributed by atoms with Gasteiger partial charge in [0.1, 0.15) is 41.5 Å². The molecule has 7 rings (SSSR count). The van der Waals surface area contributed by atoms with E-state index in [9.17, 15) is 18.7 Å². The third-order valence-electron chi connectivity index (χ3n) is 8.95. The Labute approximate surface area is 273 Å². The molecule has 0 radical (unpaired) electrons. The summed E-state index contributed by atoms with van der Waals surface area (Å²) in [6, 6.07) is 11.4. The van der Waals surface area contributed by atoms with E-state index in [1.165, 1.54) is 30.3 Å². The van der Waals surface area contributed by atoms with E-state index in [1.807, 2.05) is 10.6 Å². The van der Waals surface area contributed by atoms with Crippen molar-refractivity contribution < 1.29 is 37.3 Å². The highest BCUT2D eigenvalue weighted by Crippen LogP contribution is 2.34. The number of aromatic nitrogens is 3. The SMILES string of the molecule is N#Cc1ccc(OCc2nc(OC3CCN(Cc4nc5c(F)cc(C6C#CC6C(=O)O)cc5n4C[C@@H]4CCO4)CC3)ccc2F)c(F)c1. The minimum absolute atomic E-state index is 0.0103. The number of imidazole rings is 1. The van der Waals surface area contributed by atoms with Gasteiger partial charge >= 0.3 is 5.97 Å². The zero-order valence-corrected chi connectivity index (χ0v) is 25.7. The van der Waals surface area contributed by atoms with Gasteiger partial charge in [-0.25, -0.2) is 23.1 Å². The largest absolute Gasteiger partial charge is 0.484 e. The van der Waals surface area contributed by atoms with Gasteiger partial charge in [0.25, 0.3) is 0 Å². The lowest BCUT2D eigenvalue weighted by molar-refractivity contribution is -0.140. The minimum atomic E-state index is -1.02. The number of ether oxygens (including phenoxy) is 3. The average Bonchev–Trinajstić information content (AvgIpc) is 3.36. The van der Waals surface area contributed by atoms with Gasteiger partial charge in [0.2, 0.25) is 5.88 Å². The van der Waals surface area contributed by atoms with Crippen molar-refractivity contribution in [2.75, 3.05) is 19.7 Å². The molecule has 4 aromatic rings. The van der Waals surface area contributed by atoms with Crippen LogP contribution < -0.4 is 9.47 Å². The van der Waals surface area contributed by atoms with Crippen LogP contribution in [0.5, 0.6) is 11.6 Å². The normalized spacial score (nSPS) is 20.7. The van der Waals surface area contributed by atoms with E-state index < -0.39 is 35.3 Å². The summed E-state index contributed by atoms with van der Waals surface area (Å²) in [5.41, 5.74) is 1.45. The molecular weight excluding hydrogens is 627 g/mol. The van der Waals surface area contributed by atoms with Crippen molar-refractivity contribution in [2.24, 2.45) is 5.92 Å². The number of halogens is 3. The molecule has 10 nitrogen and oxygen atoms in total. The molecule has 0 bridgehead atoms. The molecule has 2 aliphatic heterocycles.